The molecule has 2 rings (SSSR count). The van der Waals surface area contributed by atoms with Crippen molar-refractivity contribution in [3.05, 3.63) is 41.5 Å². The van der Waals surface area contributed by atoms with Gasteiger partial charge in [0.15, 0.2) is 0 Å². The van der Waals surface area contributed by atoms with Gasteiger partial charge in [-0.2, -0.15) is 0 Å². The smallest absolute Gasteiger partial charge is 0.314 e. The highest BCUT2D eigenvalue weighted by Gasteiger charge is 2.51. The Hall–Kier alpha value is -1.61. The highest BCUT2D eigenvalue weighted by atomic mass is 16.4. The van der Waals surface area contributed by atoms with Crippen molar-refractivity contribution in [2.24, 2.45) is 5.73 Å². The summed E-state index contributed by atoms with van der Waals surface area (Å²) in [5.41, 5.74) is 6.67. The monoisotopic (exact) mass is 217 g/mol. The van der Waals surface area contributed by atoms with E-state index in [4.69, 9.17) is 5.73 Å². The van der Waals surface area contributed by atoms with E-state index in [2.05, 4.69) is 0 Å². The molecule has 0 amide bonds. The van der Waals surface area contributed by atoms with Gasteiger partial charge in [-0.05, 0) is 24.0 Å². The molecule has 1 saturated carbocycles. The van der Waals surface area contributed by atoms with Crippen LogP contribution in [-0.4, -0.2) is 17.6 Å². The van der Waals surface area contributed by atoms with Crippen molar-refractivity contribution in [1.82, 2.24) is 0 Å². The second-order valence-electron chi connectivity index (χ2n) is 4.15. The maximum absolute atomic E-state index is 11.2. The normalized spacial score (nSPS) is 17.6. The molecule has 3 N–H and O–H groups in total. The number of carbonyl (C=O) groups is 1. The molecule has 1 aromatic rings. The van der Waals surface area contributed by atoms with E-state index in [0.29, 0.717) is 6.54 Å². The van der Waals surface area contributed by atoms with E-state index in [1.807, 2.05) is 36.4 Å². The maximum atomic E-state index is 11.2. The Balaban J connectivity index is 2.29. The average Bonchev–Trinajstić information content (AvgIpc) is 3.08. The molecule has 3 nitrogen and oxygen atoms in total. The molecule has 1 aliphatic rings. The fraction of sp³-hybridized carbons (Fsp3) is 0.308. The van der Waals surface area contributed by atoms with Crippen LogP contribution in [0.2, 0.25) is 0 Å². The first-order valence-corrected chi connectivity index (χ1v) is 5.39. The molecule has 0 aliphatic heterocycles. The molecular formula is C13H15NO2. The van der Waals surface area contributed by atoms with Gasteiger partial charge in [-0.3, -0.25) is 4.79 Å². The zero-order chi connectivity index (χ0) is 11.6. The Bertz CT molecular complexity index is 433. The lowest BCUT2D eigenvalue weighted by Crippen LogP contribution is -2.19. The van der Waals surface area contributed by atoms with E-state index in [0.717, 1.165) is 24.0 Å². The Morgan fingerprint density at radius 3 is 2.81 bits per heavy atom. The molecule has 3 heteroatoms. The standard InChI is InChI=1S/C13H15NO2/c14-8-2-4-10-3-1-5-11(9-10)13(6-7-13)12(15)16/h1-5,9H,6-8,14H2,(H,15,16). The van der Waals surface area contributed by atoms with Gasteiger partial charge in [0.05, 0.1) is 5.41 Å². The summed E-state index contributed by atoms with van der Waals surface area (Å²) in [7, 11) is 0. The van der Waals surface area contributed by atoms with Gasteiger partial charge in [-0.15, -0.1) is 0 Å². The van der Waals surface area contributed by atoms with Crippen LogP contribution in [0.4, 0.5) is 0 Å². The van der Waals surface area contributed by atoms with E-state index >= 15 is 0 Å². The molecular weight excluding hydrogens is 202 g/mol. The fourth-order valence-electron chi connectivity index (χ4n) is 1.90. The highest BCUT2D eigenvalue weighted by Crippen LogP contribution is 2.48. The summed E-state index contributed by atoms with van der Waals surface area (Å²) in [5, 5.41) is 9.19. The number of carboxylic acids is 1. The third-order valence-electron chi connectivity index (χ3n) is 3.04. The van der Waals surface area contributed by atoms with Crippen molar-refractivity contribution >= 4 is 12.0 Å². The van der Waals surface area contributed by atoms with E-state index in [1.165, 1.54) is 0 Å². The minimum Gasteiger partial charge on any atom is -0.481 e. The van der Waals surface area contributed by atoms with Crippen LogP contribution in [0, 0.1) is 0 Å². The van der Waals surface area contributed by atoms with Crippen LogP contribution in [0.15, 0.2) is 30.3 Å². The Morgan fingerprint density at radius 1 is 1.50 bits per heavy atom. The molecule has 1 aromatic carbocycles. The van der Waals surface area contributed by atoms with Crippen LogP contribution in [0.25, 0.3) is 6.08 Å². The predicted molar refractivity (Wildman–Crippen MR) is 63.1 cm³/mol. The number of benzene rings is 1. The molecule has 0 radical (unpaired) electrons. The highest BCUT2D eigenvalue weighted by molar-refractivity contribution is 5.85. The van der Waals surface area contributed by atoms with Gasteiger partial charge in [-0.25, -0.2) is 0 Å². The second-order valence-corrected chi connectivity index (χ2v) is 4.15. The summed E-state index contributed by atoms with van der Waals surface area (Å²) in [5.74, 6) is -0.715. The van der Waals surface area contributed by atoms with Crippen molar-refractivity contribution in [1.29, 1.82) is 0 Å². The summed E-state index contributed by atoms with van der Waals surface area (Å²) in [4.78, 5) is 11.2. The lowest BCUT2D eigenvalue weighted by atomic mass is 9.94. The molecule has 0 bridgehead atoms. The average molecular weight is 217 g/mol. The second kappa shape index (κ2) is 4.10. The summed E-state index contributed by atoms with van der Waals surface area (Å²) in [6, 6.07) is 7.68. The molecule has 1 aliphatic carbocycles. The molecule has 16 heavy (non-hydrogen) atoms. The molecule has 1 fully saturated rings. The van der Waals surface area contributed by atoms with E-state index < -0.39 is 11.4 Å². The SMILES string of the molecule is NCC=Cc1cccc(C2(C(=O)O)CC2)c1. The minimum absolute atomic E-state index is 0.494. The summed E-state index contributed by atoms with van der Waals surface area (Å²) in [6.45, 7) is 0.494. The van der Waals surface area contributed by atoms with E-state index in [-0.39, 0.29) is 0 Å². The summed E-state index contributed by atoms with van der Waals surface area (Å²) < 4.78 is 0. The Labute approximate surface area is 94.6 Å². The van der Waals surface area contributed by atoms with Crippen LogP contribution >= 0.6 is 0 Å². The molecule has 84 valence electrons. The lowest BCUT2D eigenvalue weighted by molar-refractivity contribution is -0.140. The van der Waals surface area contributed by atoms with Crippen molar-refractivity contribution in [3.8, 4) is 0 Å². The lowest BCUT2D eigenvalue weighted by Gasteiger charge is -2.10. The van der Waals surface area contributed by atoms with Crippen LogP contribution in [0.5, 0.6) is 0 Å². The fourth-order valence-corrected chi connectivity index (χ4v) is 1.90. The summed E-state index contributed by atoms with van der Waals surface area (Å²) >= 11 is 0. The quantitative estimate of drug-likeness (QED) is 0.808. The number of nitrogens with two attached hydrogens (primary N) is 1. The minimum atomic E-state index is -0.715. The molecule has 0 aromatic heterocycles. The number of carboxylic acid groups (broad SMARTS) is 1. The molecule has 0 atom stereocenters. The first-order valence-electron chi connectivity index (χ1n) is 5.39. The third kappa shape index (κ3) is 1.86. The largest absolute Gasteiger partial charge is 0.481 e. The molecule has 0 saturated heterocycles. The first-order chi connectivity index (χ1) is 7.69. The van der Waals surface area contributed by atoms with Crippen LogP contribution < -0.4 is 5.73 Å². The molecule has 0 spiro atoms. The number of aliphatic carboxylic acids is 1. The molecule has 0 unspecified atom stereocenters. The van der Waals surface area contributed by atoms with Crippen molar-refractivity contribution < 1.29 is 9.90 Å². The molecule has 0 heterocycles. The van der Waals surface area contributed by atoms with Crippen LogP contribution in [0.3, 0.4) is 0 Å². The van der Waals surface area contributed by atoms with Crippen molar-refractivity contribution in [2.75, 3.05) is 6.54 Å². The van der Waals surface area contributed by atoms with E-state index in [9.17, 15) is 9.90 Å². The predicted octanol–water partition coefficient (Wildman–Crippen LogP) is 1.77. The van der Waals surface area contributed by atoms with Crippen LogP contribution in [-0.2, 0) is 10.2 Å². The number of hydrogen-bond acceptors (Lipinski definition) is 2. The zero-order valence-electron chi connectivity index (χ0n) is 9.02. The van der Waals surface area contributed by atoms with Gasteiger partial charge >= 0.3 is 5.97 Å². The van der Waals surface area contributed by atoms with Gasteiger partial charge in [0.2, 0.25) is 0 Å². The van der Waals surface area contributed by atoms with E-state index in [1.54, 1.807) is 0 Å². The Morgan fingerprint density at radius 2 is 2.25 bits per heavy atom. The number of rotatable bonds is 4. The van der Waals surface area contributed by atoms with Gasteiger partial charge in [0, 0.05) is 6.54 Å². The van der Waals surface area contributed by atoms with Gasteiger partial charge in [0.25, 0.3) is 0 Å². The number of hydrogen-bond donors (Lipinski definition) is 2. The van der Waals surface area contributed by atoms with Crippen molar-refractivity contribution in [2.45, 2.75) is 18.3 Å². The first kappa shape index (κ1) is 10.9. The zero-order valence-corrected chi connectivity index (χ0v) is 9.02. The Kier molecular flexibility index (Phi) is 2.79. The van der Waals surface area contributed by atoms with Gasteiger partial charge in [0.1, 0.15) is 0 Å². The van der Waals surface area contributed by atoms with Gasteiger partial charge < -0.3 is 10.8 Å². The maximum Gasteiger partial charge on any atom is 0.314 e. The topological polar surface area (TPSA) is 63.3 Å². The van der Waals surface area contributed by atoms with Gasteiger partial charge in [-0.1, -0.05) is 36.4 Å². The summed E-state index contributed by atoms with van der Waals surface area (Å²) in [6.07, 6.45) is 5.26. The van der Waals surface area contributed by atoms with Crippen molar-refractivity contribution in [3.63, 3.8) is 0 Å². The van der Waals surface area contributed by atoms with Crippen LogP contribution in [0.1, 0.15) is 24.0 Å². The third-order valence-corrected chi connectivity index (χ3v) is 3.04.